The van der Waals surface area contributed by atoms with Gasteiger partial charge in [-0.05, 0) is 31.2 Å². The van der Waals surface area contributed by atoms with Crippen molar-refractivity contribution in [2.75, 3.05) is 6.54 Å². The molecule has 2 aliphatic rings. The van der Waals surface area contributed by atoms with Crippen molar-refractivity contribution in [1.82, 2.24) is 15.2 Å². The van der Waals surface area contributed by atoms with Gasteiger partial charge in [0.05, 0.1) is 0 Å². The minimum atomic E-state index is -0.967. The van der Waals surface area contributed by atoms with E-state index >= 15 is 0 Å². The number of fused-ring (bicyclic) bond motifs is 2. The van der Waals surface area contributed by atoms with Gasteiger partial charge < -0.3 is 15.2 Å². The summed E-state index contributed by atoms with van der Waals surface area (Å²) < 4.78 is 0. The van der Waals surface area contributed by atoms with Gasteiger partial charge in [-0.3, -0.25) is 9.59 Å². The minimum Gasteiger partial charge on any atom is -0.361 e. The molecule has 2 aromatic rings. The summed E-state index contributed by atoms with van der Waals surface area (Å²) in [5, 5.41) is 4.13. The Morgan fingerprint density at radius 3 is 2.88 bits per heavy atom. The van der Waals surface area contributed by atoms with Crippen molar-refractivity contribution in [3.8, 4) is 0 Å². The molecule has 0 spiro atoms. The number of nitrogens with zero attached hydrogens (tertiary/aromatic N) is 1. The lowest BCUT2D eigenvalue weighted by atomic mass is 9.79. The summed E-state index contributed by atoms with van der Waals surface area (Å²) in [5.74, 6) is 0.308. The normalized spacial score (nSPS) is 27.0. The fraction of sp³-hybridized carbons (Fsp3) is 0.474. The van der Waals surface area contributed by atoms with Crippen LogP contribution in [-0.2, 0) is 15.1 Å². The van der Waals surface area contributed by atoms with Crippen molar-refractivity contribution in [2.24, 2.45) is 5.92 Å². The zero-order chi connectivity index (χ0) is 16.9. The number of benzene rings is 1. The summed E-state index contributed by atoms with van der Waals surface area (Å²) in [4.78, 5) is 31.2. The Bertz CT molecular complexity index is 810. The van der Waals surface area contributed by atoms with E-state index in [1.807, 2.05) is 30.5 Å². The van der Waals surface area contributed by atoms with Crippen molar-refractivity contribution >= 4 is 22.7 Å². The number of carbonyl (C=O) groups is 2. The van der Waals surface area contributed by atoms with Gasteiger partial charge in [-0.15, -0.1) is 0 Å². The molecule has 126 valence electrons. The molecule has 2 N–H and O–H groups in total. The SMILES string of the molecule is CC(C)C[C@]1(c2c[nH]c3ccccc23)NC(=O)[C@@H]2CCCN2C1=O. The molecule has 4 rings (SSSR count). The van der Waals surface area contributed by atoms with E-state index in [0.717, 1.165) is 29.3 Å². The third-order valence-electron chi connectivity index (χ3n) is 5.28. The van der Waals surface area contributed by atoms with Crippen LogP contribution in [0.5, 0.6) is 0 Å². The first-order valence-corrected chi connectivity index (χ1v) is 8.72. The predicted octanol–water partition coefficient (Wildman–Crippen LogP) is 2.53. The van der Waals surface area contributed by atoms with Gasteiger partial charge in [-0.1, -0.05) is 32.0 Å². The molecule has 0 radical (unpaired) electrons. The predicted molar refractivity (Wildman–Crippen MR) is 92.3 cm³/mol. The molecule has 2 amide bonds. The van der Waals surface area contributed by atoms with Gasteiger partial charge in [-0.2, -0.15) is 0 Å². The van der Waals surface area contributed by atoms with Gasteiger partial charge in [0, 0.05) is 29.2 Å². The molecular weight excluding hydrogens is 302 g/mol. The molecule has 0 bridgehead atoms. The van der Waals surface area contributed by atoms with E-state index in [9.17, 15) is 9.59 Å². The molecule has 2 fully saturated rings. The average Bonchev–Trinajstić information content (AvgIpc) is 3.19. The second-order valence-corrected chi connectivity index (χ2v) is 7.40. The quantitative estimate of drug-likeness (QED) is 0.911. The number of rotatable bonds is 3. The molecule has 2 aliphatic heterocycles. The van der Waals surface area contributed by atoms with Gasteiger partial charge in [0.2, 0.25) is 5.91 Å². The number of hydrogen-bond donors (Lipinski definition) is 2. The molecule has 3 heterocycles. The second-order valence-electron chi connectivity index (χ2n) is 7.40. The zero-order valence-electron chi connectivity index (χ0n) is 14.1. The third kappa shape index (κ3) is 2.07. The molecule has 1 aromatic carbocycles. The van der Waals surface area contributed by atoms with E-state index in [4.69, 9.17) is 0 Å². The van der Waals surface area contributed by atoms with E-state index in [0.29, 0.717) is 13.0 Å². The van der Waals surface area contributed by atoms with Gasteiger partial charge in [0.1, 0.15) is 11.6 Å². The molecule has 0 saturated carbocycles. The molecule has 1 aromatic heterocycles. The minimum absolute atomic E-state index is 0.0157. The number of carbonyl (C=O) groups excluding carboxylic acids is 2. The first-order chi connectivity index (χ1) is 11.5. The van der Waals surface area contributed by atoms with Crippen molar-refractivity contribution in [3.05, 3.63) is 36.0 Å². The third-order valence-corrected chi connectivity index (χ3v) is 5.28. The van der Waals surface area contributed by atoms with Crippen LogP contribution in [-0.4, -0.2) is 34.3 Å². The Balaban J connectivity index is 1.90. The highest BCUT2D eigenvalue weighted by molar-refractivity contribution is 6.03. The maximum Gasteiger partial charge on any atom is 0.253 e. The number of hydrogen-bond acceptors (Lipinski definition) is 2. The Morgan fingerprint density at radius 1 is 1.29 bits per heavy atom. The van der Waals surface area contributed by atoms with Crippen LogP contribution < -0.4 is 5.32 Å². The maximum absolute atomic E-state index is 13.4. The summed E-state index contributed by atoms with van der Waals surface area (Å²) in [7, 11) is 0. The van der Waals surface area contributed by atoms with Crippen LogP contribution in [0.4, 0.5) is 0 Å². The van der Waals surface area contributed by atoms with Crippen LogP contribution in [0.1, 0.15) is 38.7 Å². The Morgan fingerprint density at radius 2 is 2.08 bits per heavy atom. The highest BCUT2D eigenvalue weighted by atomic mass is 16.2. The summed E-state index contributed by atoms with van der Waals surface area (Å²) in [6.07, 6.45) is 4.16. The Kier molecular flexibility index (Phi) is 3.41. The first kappa shape index (κ1) is 15.2. The Hall–Kier alpha value is -2.30. The fourth-order valence-corrected chi connectivity index (χ4v) is 4.34. The Labute approximate surface area is 141 Å². The van der Waals surface area contributed by atoms with E-state index in [-0.39, 0.29) is 23.8 Å². The molecule has 5 nitrogen and oxygen atoms in total. The van der Waals surface area contributed by atoms with Gasteiger partial charge in [0.25, 0.3) is 5.91 Å². The topological polar surface area (TPSA) is 65.2 Å². The van der Waals surface area contributed by atoms with Gasteiger partial charge in [-0.25, -0.2) is 0 Å². The highest BCUT2D eigenvalue weighted by Crippen LogP contribution is 2.40. The molecule has 5 heteroatoms. The van der Waals surface area contributed by atoms with Crippen LogP contribution >= 0.6 is 0 Å². The number of aromatic nitrogens is 1. The van der Waals surface area contributed by atoms with E-state index in [2.05, 4.69) is 24.1 Å². The molecule has 24 heavy (non-hydrogen) atoms. The number of aromatic amines is 1. The van der Waals surface area contributed by atoms with Crippen LogP contribution in [0.15, 0.2) is 30.5 Å². The van der Waals surface area contributed by atoms with Crippen LogP contribution in [0, 0.1) is 5.92 Å². The smallest absolute Gasteiger partial charge is 0.253 e. The molecule has 0 unspecified atom stereocenters. The number of piperazine rings is 1. The standard InChI is InChI=1S/C19H23N3O2/c1-12(2)10-19(14-11-20-15-7-4-3-6-13(14)15)18(24)22-9-5-8-16(22)17(23)21-19/h3-4,6-7,11-12,16,20H,5,8-10H2,1-2H3,(H,21,23)/t16-,19+/m0/s1. The zero-order valence-corrected chi connectivity index (χ0v) is 14.1. The van der Waals surface area contributed by atoms with E-state index in [1.165, 1.54) is 0 Å². The number of para-hydroxylation sites is 1. The largest absolute Gasteiger partial charge is 0.361 e. The molecule has 2 atom stereocenters. The van der Waals surface area contributed by atoms with E-state index < -0.39 is 5.54 Å². The summed E-state index contributed by atoms with van der Waals surface area (Å²) in [6, 6.07) is 7.66. The highest BCUT2D eigenvalue weighted by Gasteiger charge is 2.54. The van der Waals surface area contributed by atoms with Crippen molar-refractivity contribution < 1.29 is 9.59 Å². The van der Waals surface area contributed by atoms with Crippen LogP contribution in [0.3, 0.4) is 0 Å². The maximum atomic E-state index is 13.4. The fourth-order valence-electron chi connectivity index (χ4n) is 4.34. The second kappa shape index (κ2) is 5.36. The van der Waals surface area contributed by atoms with E-state index in [1.54, 1.807) is 4.90 Å². The number of nitrogens with one attached hydrogen (secondary N) is 2. The van der Waals surface area contributed by atoms with Crippen LogP contribution in [0.25, 0.3) is 10.9 Å². The summed E-state index contributed by atoms with van der Waals surface area (Å²) in [6.45, 7) is 4.86. The summed E-state index contributed by atoms with van der Waals surface area (Å²) >= 11 is 0. The molecular formula is C19H23N3O2. The van der Waals surface area contributed by atoms with Crippen molar-refractivity contribution in [1.29, 1.82) is 0 Å². The lowest BCUT2D eigenvalue weighted by molar-refractivity contribution is -0.154. The number of H-pyrrole nitrogens is 1. The van der Waals surface area contributed by atoms with Crippen LogP contribution in [0.2, 0.25) is 0 Å². The molecule has 2 saturated heterocycles. The summed E-state index contributed by atoms with van der Waals surface area (Å²) in [5.41, 5.74) is 0.905. The lowest BCUT2D eigenvalue weighted by Crippen LogP contribution is -2.67. The monoisotopic (exact) mass is 325 g/mol. The first-order valence-electron chi connectivity index (χ1n) is 8.72. The number of amides is 2. The van der Waals surface area contributed by atoms with Gasteiger partial charge >= 0.3 is 0 Å². The van der Waals surface area contributed by atoms with Crippen molar-refractivity contribution in [3.63, 3.8) is 0 Å². The average molecular weight is 325 g/mol. The lowest BCUT2D eigenvalue weighted by Gasteiger charge is -2.44. The molecule has 0 aliphatic carbocycles. The van der Waals surface area contributed by atoms with Gasteiger partial charge in [0.15, 0.2) is 0 Å². The van der Waals surface area contributed by atoms with Crippen molar-refractivity contribution in [2.45, 2.75) is 44.7 Å².